The van der Waals surface area contributed by atoms with Crippen molar-refractivity contribution in [2.45, 2.75) is 39.7 Å². The van der Waals surface area contributed by atoms with Gasteiger partial charge in [0.05, 0.1) is 7.11 Å². The summed E-state index contributed by atoms with van der Waals surface area (Å²) in [6, 6.07) is 6.33. The largest absolute Gasteiger partial charge is 0.496 e. The van der Waals surface area contributed by atoms with Gasteiger partial charge in [0.2, 0.25) is 0 Å². The van der Waals surface area contributed by atoms with Crippen LogP contribution in [0.15, 0.2) is 18.2 Å². The van der Waals surface area contributed by atoms with Crippen LogP contribution in [0.1, 0.15) is 42.6 Å². The van der Waals surface area contributed by atoms with Crippen LogP contribution in [0.3, 0.4) is 0 Å². The third-order valence-electron chi connectivity index (χ3n) is 4.74. The minimum absolute atomic E-state index is 0.122. The molecule has 0 aromatic heterocycles. The maximum atomic E-state index is 12.7. The first kappa shape index (κ1) is 16.8. The zero-order valence-corrected chi connectivity index (χ0v) is 14.3. The molecule has 0 bridgehead atoms. The fourth-order valence-corrected chi connectivity index (χ4v) is 3.31. The standard InChI is InChI=1S/C18H28N2O2/c1-5-19(6-2)16-9-11-20(12-10-16)18(21)15-8-7-14(3)17(13-15)22-4/h7-8,13,16H,5-6,9-12H2,1-4H3. The van der Waals surface area contributed by atoms with Crippen molar-refractivity contribution in [2.75, 3.05) is 33.3 Å². The van der Waals surface area contributed by atoms with E-state index in [-0.39, 0.29) is 5.91 Å². The Balaban J connectivity index is 2.00. The van der Waals surface area contributed by atoms with Crippen LogP contribution < -0.4 is 4.74 Å². The molecule has 0 atom stereocenters. The number of amides is 1. The van der Waals surface area contributed by atoms with Crippen molar-refractivity contribution in [3.8, 4) is 5.75 Å². The van der Waals surface area contributed by atoms with Gasteiger partial charge in [-0.3, -0.25) is 4.79 Å². The van der Waals surface area contributed by atoms with Crippen LogP contribution in [0, 0.1) is 6.92 Å². The third kappa shape index (κ3) is 3.61. The lowest BCUT2D eigenvalue weighted by molar-refractivity contribution is 0.0631. The Morgan fingerprint density at radius 2 is 1.91 bits per heavy atom. The third-order valence-corrected chi connectivity index (χ3v) is 4.74. The second kappa shape index (κ2) is 7.63. The Hall–Kier alpha value is -1.55. The Kier molecular flexibility index (Phi) is 5.83. The Morgan fingerprint density at radius 1 is 1.27 bits per heavy atom. The topological polar surface area (TPSA) is 32.8 Å². The van der Waals surface area contributed by atoms with E-state index < -0.39 is 0 Å². The molecule has 1 fully saturated rings. The summed E-state index contributed by atoms with van der Waals surface area (Å²) in [6.07, 6.45) is 2.13. The molecule has 1 amide bonds. The molecule has 1 aromatic carbocycles. The van der Waals surface area contributed by atoms with Crippen LogP contribution in [-0.4, -0.2) is 55.0 Å². The van der Waals surface area contributed by atoms with Gasteiger partial charge in [-0.2, -0.15) is 0 Å². The molecule has 0 unspecified atom stereocenters. The van der Waals surface area contributed by atoms with Gasteiger partial charge in [0.25, 0.3) is 5.91 Å². The van der Waals surface area contributed by atoms with E-state index in [1.54, 1.807) is 7.11 Å². The van der Waals surface area contributed by atoms with Gasteiger partial charge in [-0.1, -0.05) is 19.9 Å². The molecule has 2 rings (SSSR count). The molecule has 4 nitrogen and oxygen atoms in total. The van der Waals surface area contributed by atoms with Gasteiger partial charge in [0.15, 0.2) is 0 Å². The predicted molar refractivity (Wildman–Crippen MR) is 89.6 cm³/mol. The van der Waals surface area contributed by atoms with Gasteiger partial charge in [-0.05, 0) is 50.6 Å². The van der Waals surface area contributed by atoms with E-state index in [4.69, 9.17) is 4.74 Å². The molecule has 0 radical (unpaired) electrons. The first-order chi connectivity index (χ1) is 10.6. The fourth-order valence-electron chi connectivity index (χ4n) is 3.31. The first-order valence-electron chi connectivity index (χ1n) is 8.28. The molecule has 1 saturated heterocycles. The average molecular weight is 304 g/mol. The van der Waals surface area contributed by atoms with Gasteiger partial charge in [0, 0.05) is 24.7 Å². The summed E-state index contributed by atoms with van der Waals surface area (Å²) in [5.41, 5.74) is 1.78. The number of hydrogen-bond donors (Lipinski definition) is 0. The van der Waals surface area contributed by atoms with Gasteiger partial charge in [-0.15, -0.1) is 0 Å². The number of rotatable bonds is 5. The highest BCUT2D eigenvalue weighted by atomic mass is 16.5. The van der Waals surface area contributed by atoms with Crippen molar-refractivity contribution in [2.24, 2.45) is 0 Å². The van der Waals surface area contributed by atoms with Crippen LogP contribution in [0.25, 0.3) is 0 Å². The summed E-state index contributed by atoms with van der Waals surface area (Å²) in [6.45, 7) is 10.3. The smallest absolute Gasteiger partial charge is 0.253 e. The number of methoxy groups -OCH3 is 1. The summed E-state index contributed by atoms with van der Waals surface area (Å²) in [5, 5.41) is 0. The van der Waals surface area contributed by atoms with Crippen LogP contribution >= 0.6 is 0 Å². The molecule has 1 aromatic rings. The molecule has 0 N–H and O–H groups in total. The molecule has 4 heteroatoms. The zero-order valence-electron chi connectivity index (χ0n) is 14.3. The number of benzene rings is 1. The normalized spacial score (nSPS) is 16.1. The molecule has 0 saturated carbocycles. The summed E-state index contributed by atoms with van der Waals surface area (Å²) >= 11 is 0. The number of nitrogens with zero attached hydrogens (tertiary/aromatic N) is 2. The Labute approximate surface area is 134 Å². The monoisotopic (exact) mass is 304 g/mol. The summed E-state index contributed by atoms with van der Waals surface area (Å²) in [4.78, 5) is 17.1. The van der Waals surface area contributed by atoms with Crippen LogP contribution in [0.4, 0.5) is 0 Å². The lowest BCUT2D eigenvalue weighted by Gasteiger charge is -2.37. The Bertz CT molecular complexity index is 504. The van der Waals surface area contributed by atoms with Crippen molar-refractivity contribution in [1.82, 2.24) is 9.80 Å². The number of carbonyl (C=O) groups is 1. The van der Waals surface area contributed by atoms with Gasteiger partial charge in [-0.25, -0.2) is 0 Å². The summed E-state index contributed by atoms with van der Waals surface area (Å²) in [5.74, 6) is 0.903. The molecule has 22 heavy (non-hydrogen) atoms. The molecule has 122 valence electrons. The predicted octanol–water partition coefficient (Wildman–Crippen LogP) is 2.95. The number of piperidine rings is 1. The highest BCUT2D eigenvalue weighted by molar-refractivity contribution is 5.94. The maximum Gasteiger partial charge on any atom is 0.253 e. The highest BCUT2D eigenvalue weighted by Crippen LogP contribution is 2.22. The number of likely N-dealkylation sites (tertiary alicyclic amines) is 1. The van der Waals surface area contributed by atoms with Gasteiger partial charge in [0.1, 0.15) is 5.75 Å². The van der Waals surface area contributed by atoms with Crippen LogP contribution in [0.2, 0.25) is 0 Å². The van der Waals surface area contributed by atoms with Crippen molar-refractivity contribution >= 4 is 5.91 Å². The Morgan fingerprint density at radius 3 is 2.45 bits per heavy atom. The fraction of sp³-hybridized carbons (Fsp3) is 0.611. The van der Waals surface area contributed by atoms with Crippen LogP contribution in [0.5, 0.6) is 5.75 Å². The minimum atomic E-state index is 0.122. The number of hydrogen-bond acceptors (Lipinski definition) is 3. The molecular weight excluding hydrogens is 276 g/mol. The molecule has 0 spiro atoms. The van der Waals surface area contributed by atoms with E-state index in [1.807, 2.05) is 30.0 Å². The molecule has 1 aliphatic heterocycles. The second-order valence-electron chi connectivity index (χ2n) is 5.93. The SMILES string of the molecule is CCN(CC)C1CCN(C(=O)c2ccc(C)c(OC)c2)CC1. The highest BCUT2D eigenvalue weighted by Gasteiger charge is 2.26. The van der Waals surface area contributed by atoms with Crippen LogP contribution in [-0.2, 0) is 0 Å². The van der Waals surface area contributed by atoms with E-state index in [1.165, 1.54) is 0 Å². The van der Waals surface area contributed by atoms with Crippen molar-refractivity contribution < 1.29 is 9.53 Å². The van der Waals surface area contributed by atoms with Gasteiger partial charge >= 0.3 is 0 Å². The number of ether oxygens (including phenoxy) is 1. The first-order valence-corrected chi connectivity index (χ1v) is 8.28. The summed E-state index contributed by atoms with van der Waals surface area (Å²) < 4.78 is 5.32. The number of aryl methyl sites for hydroxylation is 1. The van der Waals surface area contributed by atoms with E-state index in [0.717, 1.165) is 55.9 Å². The van der Waals surface area contributed by atoms with E-state index in [2.05, 4.69) is 18.7 Å². The van der Waals surface area contributed by atoms with Crippen molar-refractivity contribution in [3.05, 3.63) is 29.3 Å². The lowest BCUT2D eigenvalue weighted by Crippen LogP contribution is -2.46. The van der Waals surface area contributed by atoms with Crippen molar-refractivity contribution in [3.63, 3.8) is 0 Å². The molecule has 0 aliphatic carbocycles. The van der Waals surface area contributed by atoms with E-state index >= 15 is 0 Å². The molecule has 1 aliphatic rings. The second-order valence-corrected chi connectivity index (χ2v) is 5.93. The molecular formula is C18H28N2O2. The number of carbonyl (C=O) groups excluding carboxylic acids is 1. The van der Waals surface area contributed by atoms with Gasteiger partial charge < -0.3 is 14.5 Å². The van der Waals surface area contributed by atoms with E-state index in [0.29, 0.717) is 6.04 Å². The van der Waals surface area contributed by atoms with Crippen molar-refractivity contribution in [1.29, 1.82) is 0 Å². The van der Waals surface area contributed by atoms with E-state index in [9.17, 15) is 4.79 Å². The zero-order chi connectivity index (χ0) is 16.1. The maximum absolute atomic E-state index is 12.7. The quantitative estimate of drug-likeness (QED) is 0.838. The minimum Gasteiger partial charge on any atom is -0.496 e. The average Bonchev–Trinajstić information content (AvgIpc) is 2.56. The lowest BCUT2D eigenvalue weighted by atomic mass is 10.0. The summed E-state index contributed by atoms with van der Waals surface area (Å²) in [7, 11) is 1.65. The molecule has 1 heterocycles.